The summed E-state index contributed by atoms with van der Waals surface area (Å²) in [5.41, 5.74) is 6.61. The minimum Gasteiger partial charge on any atom is -0.399 e. The molecule has 1 unspecified atom stereocenters. The standard InChI is InChI=1S/C14H18F3N3O.ClH/c15-14(16,17)9-20-6-5-10(8-20)7-19-13(21)11-1-3-12(18)4-2-11;/h1-4,10H,5-9,18H2,(H,19,21);1H. The zero-order chi connectivity index (χ0) is 15.5. The number of alkyl halides is 3. The van der Waals surface area contributed by atoms with Crippen molar-refractivity contribution in [2.45, 2.75) is 12.6 Å². The van der Waals surface area contributed by atoms with Crippen LogP contribution in [0.1, 0.15) is 16.8 Å². The first-order valence-corrected chi connectivity index (χ1v) is 6.76. The molecule has 4 nitrogen and oxygen atoms in total. The van der Waals surface area contributed by atoms with Gasteiger partial charge in [-0.25, -0.2) is 0 Å². The molecule has 1 amide bonds. The Hall–Kier alpha value is -1.47. The van der Waals surface area contributed by atoms with Crippen LogP contribution in [0, 0.1) is 5.92 Å². The summed E-state index contributed by atoms with van der Waals surface area (Å²) in [4.78, 5) is 13.3. The number of rotatable bonds is 4. The zero-order valence-electron chi connectivity index (χ0n) is 11.9. The first-order chi connectivity index (χ1) is 9.83. The largest absolute Gasteiger partial charge is 0.401 e. The molecule has 8 heteroatoms. The van der Waals surface area contributed by atoms with Gasteiger partial charge in [0.15, 0.2) is 0 Å². The van der Waals surface area contributed by atoms with Crippen LogP contribution in [-0.4, -0.2) is 43.2 Å². The molecule has 1 aromatic carbocycles. The van der Waals surface area contributed by atoms with Crippen LogP contribution in [0.25, 0.3) is 0 Å². The Morgan fingerprint density at radius 2 is 1.95 bits per heavy atom. The van der Waals surface area contributed by atoms with Crippen LogP contribution in [0.3, 0.4) is 0 Å². The van der Waals surface area contributed by atoms with Crippen LogP contribution in [0.4, 0.5) is 18.9 Å². The predicted molar refractivity (Wildman–Crippen MR) is 81.0 cm³/mol. The fourth-order valence-electron chi connectivity index (χ4n) is 2.45. The van der Waals surface area contributed by atoms with Gasteiger partial charge in [0.25, 0.3) is 5.91 Å². The summed E-state index contributed by atoms with van der Waals surface area (Å²) in [6.07, 6.45) is -3.50. The molecule has 0 aromatic heterocycles. The van der Waals surface area contributed by atoms with Crippen LogP contribution >= 0.6 is 12.4 Å². The van der Waals surface area contributed by atoms with Gasteiger partial charge >= 0.3 is 6.18 Å². The molecule has 0 bridgehead atoms. The first kappa shape index (κ1) is 18.6. The average molecular weight is 338 g/mol. The van der Waals surface area contributed by atoms with E-state index in [2.05, 4.69) is 5.32 Å². The molecular formula is C14H19ClF3N3O. The molecule has 1 fully saturated rings. The molecular weight excluding hydrogens is 319 g/mol. The summed E-state index contributed by atoms with van der Waals surface area (Å²) in [6, 6.07) is 6.51. The molecule has 2 rings (SSSR count). The average Bonchev–Trinajstić information content (AvgIpc) is 2.82. The molecule has 1 aliphatic rings. The van der Waals surface area contributed by atoms with Gasteiger partial charge in [-0.2, -0.15) is 13.2 Å². The second-order valence-corrected chi connectivity index (χ2v) is 5.34. The van der Waals surface area contributed by atoms with Gasteiger partial charge in [-0.3, -0.25) is 9.69 Å². The number of carbonyl (C=O) groups excluding carboxylic acids is 1. The smallest absolute Gasteiger partial charge is 0.399 e. The molecule has 1 aromatic rings. The van der Waals surface area contributed by atoms with Crippen molar-refractivity contribution in [1.82, 2.24) is 10.2 Å². The predicted octanol–water partition coefficient (Wildman–Crippen LogP) is 2.30. The van der Waals surface area contributed by atoms with Gasteiger partial charge in [0.2, 0.25) is 0 Å². The maximum atomic E-state index is 12.3. The van der Waals surface area contributed by atoms with Crippen molar-refractivity contribution < 1.29 is 18.0 Å². The van der Waals surface area contributed by atoms with Crippen molar-refractivity contribution >= 4 is 24.0 Å². The number of nitrogens with zero attached hydrogens (tertiary/aromatic N) is 1. The van der Waals surface area contributed by atoms with E-state index in [0.717, 1.165) is 0 Å². The minimum absolute atomic E-state index is 0. The zero-order valence-corrected chi connectivity index (χ0v) is 12.7. The summed E-state index contributed by atoms with van der Waals surface area (Å²) in [5, 5.41) is 2.76. The number of nitrogen functional groups attached to an aromatic ring is 1. The fourth-order valence-corrected chi connectivity index (χ4v) is 2.45. The van der Waals surface area contributed by atoms with Crippen molar-refractivity contribution in [3.8, 4) is 0 Å². The number of halogens is 4. The number of nitrogens with one attached hydrogen (secondary N) is 1. The number of benzene rings is 1. The minimum atomic E-state index is -4.16. The lowest BCUT2D eigenvalue weighted by Crippen LogP contribution is -2.34. The van der Waals surface area contributed by atoms with Crippen LogP contribution in [0.5, 0.6) is 0 Å². The topological polar surface area (TPSA) is 58.4 Å². The van der Waals surface area contributed by atoms with Gasteiger partial charge in [0.1, 0.15) is 0 Å². The van der Waals surface area contributed by atoms with E-state index >= 15 is 0 Å². The van der Waals surface area contributed by atoms with Crippen molar-refractivity contribution in [3.05, 3.63) is 29.8 Å². The highest BCUT2D eigenvalue weighted by atomic mass is 35.5. The van der Waals surface area contributed by atoms with E-state index in [4.69, 9.17) is 5.73 Å². The molecule has 3 N–H and O–H groups in total. The Bertz CT molecular complexity index is 493. The van der Waals surface area contributed by atoms with Gasteiger partial charge in [-0.05, 0) is 43.1 Å². The SMILES string of the molecule is Cl.Nc1ccc(C(=O)NCC2CCN(CC(F)(F)F)C2)cc1. The summed E-state index contributed by atoms with van der Waals surface area (Å²) in [6.45, 7) is 0.288. The summed E-state index contributed by atoms with van der Waals surface area (Å²) >= 11 is 0. The van der Waals surface area contributed by atoms with Crippen LogP contribution < -0.4 is 11.1 Å². The third-order valence-corrected chi connectivity index (χ3v) is 3.50. The number of anilines is 1. The summed E-state index contributed by atoms with van der Waals surface area (Å²) in [5.74, 6) is -0.172. The molecule has 124 valence electrons. The van der Waals surface area contributed by atoms with Gasteiger partial charge in [-0.15, -0.1) is 12.4 Å². The van der Waals surface area contributed by atoms with Crippen LogP contribution in [-0.2, 0) is 0 Å². The number of amides is 1. The van der Waals surface area contributed by atoms with Gasteiger partial charge in [-0.1, -0.05) is 0 Å². The third kappa shape index (κ3) is 5.73. The number of likely N-dealkylation sites (tertiary alicyclic amines) is 1. The van der Waals surface area contributed by atoms with Crippen LogP contribution in [0.2, 0.25) is 0 Å². The number of nitrogens with two attached hydrogens (primary N) is 1. The van der Waals surface area contributed by atoms with E-state index in [1.165, 1.54) is 4.90 Å². The van der Waals surface area contributed by atoms with Crippen molar-refractivity contribution in [2.75, 3.05) is 31.9 Å². The molecule has 0 spiro atoms. The van der Waals surface area contributed by atoms with E-state index in [1.807, 2.05) is 0 Å². The lowest BCUT2D eigenvalue weighted by Gasteiger charge is -2.18. The summed E-state index contributed by atoms with van der Waals surface area (Å²) < 4.78 is 36.8. The molecule has 1 saturated heterocycles. The molecule has 22 heavy (non-hydrogen) atoms. The Kier molecular flexibility index (Phi) is 6.49. The maximum absolute atomic E-state index is 12.3. The number of hydrogen-bond donors (Lipinski definition) is 2. The molecule has 0 saturated carbocycles. The highest BCUT2D eigenvalue weighted by molar-refractivity contribution is 5.94. The second-order valence-electron chi connectivity index (χ2n) is 5.34. The maximum Gasteiger partial charge on any atom is 0.401 e. The molecule has 0 radical (unpaired) electrons. The molecule has 1 heterocycles. The van der Waals surface area contributed by atoms with Crippen molar-refractivity contribution in [3.63, 3.8) is 0 Å². The lowest BCUT2D eigenvalue weighted by molar-refractivity contribution is -0.143. The molecule has 1 atom stereocenters. The Morgan fingerprint density at radius 3 is 2.55 bits per heavy atom. The summed E-state index contributed by atoms with van der Waals surface area (Å²) in [7, 11) is 0. The molecule has 0 aliphatic carbocycles. The highest BCUT2D eigenvalue weighted by Gasteiger charge is 2.34. The van der Waals surface area contributed by atoms with Gasteiger partial charge in [0.05, 0.1) is 6.54 Å². The number of carbonyl (C=O) groups is 1. The third-order valence-electron chi connectivity index (χ3n) is 3.50. The van der Waals surface area contributed by atoms with Crippen LogP contribution in [0.15, 0.2) is 24.3 Å². The highest BCUT2D eigenvalue weighted by Crippen LogP contribution is 2.22. The van der Waals surface area contributed by atoms with E-state index in [1.54, 1.807) is 24.3 Å². The normalized spacial score (nSPS) is 18.8. The van der Waals surface area contributed by atoms with Gasteiger partial charge < -0.3 is 11.1 Å². The second kappa shape index (κ2) is 7.69. The number of hydrogen-bond acceptors (Lipinski definition) is 3. The Morgan fingerprint density at radius 1 is 1.32 bits per heavy atom. The lowest BCUT2D eigenvalue weighted by atomic mass is 10.1. The van der Waals surface area contributed by atoms with E-state index in [-0.39, 0.29) is 24.2 Å². The van der Waals surface area contributed by atoms with E-state index in [0.29, 0.717) is 37.3 Å². The fraction of sp³-hybridized carbons (Fsp3) is 0.500. The monoisotopic (exact) mass is 337 g/mol. The van der Waals surface area contributed by atoms with E-state index in [9.17, 15) is 18.0 Å². The Labute approximate surface area is 133 Å². The van der Waals surface area contributed by atoms with Gasteiger partial charge in [0, 0.05) is 24.3 Å². The van der Waals surface area contributed by atoms with E-state index < -0.39 is 12.7 Å². The quantitative estimate of drug-likeness (QED) is 0.829. The van der Waals surface area contributed by atoms with Crippen molar-refractivity contribution in [1.29, 1.82) is 0 Å². The van der Waals surface area contributed by atoms with Crippen molar-refractivity contribution in [2.24, 2.45) is 5.92 Å². The first-order valence-electron chi connectivity index (χ1n) is 6.76. The Balaban J connectivity index is 0.00000242. The molecule has 1 aliphatic heterocycles.